The summed E-state index contributed by atoms with van der Waals surface area (Å²) in [5, 5.41) is 3.48. The first-order chi connectivity index (χ1) is 9.13. The van der Waals surface area contributed by atoms with Gasteiger partial charge < -0.3 is 14.8 Å². The van der Waals surface area contributed by atoms with Crippen molar-refractivity contribution in [3.05, 3.63) is 35.6 Å². The fraction of sp³-hybridized carbons (Fsp3) is 0.600. The van der Waals surface area contributed by atoms with Crippen LogP contribution < -0.4 is 5.32 Å². The van der Waals surface area contributed by atoms with E-state index in [2.05, 4.69) is 12.2 Å². The van der Waals surface area contributed by atoms with E-state index < -0.39 is 0 Å². The predicted octanol–water partition coefficient (Wildman–Crippen LogP) is 2.15. The summed E-state index contributed by atoms with van der Waals surface area (Å²) in [6.07, 6.45) is 1.81. The molecule has 1 heterocycles. The van der Waals surface area contributed by atoms with Gasteiger partial charge in [-0.2, -0.15) is 0 Å². The highest BCUT2D eigenvalue weighted by Gasteiger charge is 2.34. The van der Waals surface area contributed by atoms with Crippen molar-refractivity contribution in [2.24, 2.45) is 0 Å². The largest absolute Gasteiger partial charge is 0.378 e. The average molecular weight is 267 g/mol. The first-order valence-corrected chi connectivity index (χ1v) is 6.74. The lowest BCUT2D eigenvalue weighted by molar-refractivity contribution is -0.0171. The van der Waals surface area contributed by atoms with Crippen molar-refractivity contribution in [3.63, 3.8) is 0 Å². The van der Waals surface area contributed by atoms with Gasteiger partial charge in [0.2, 0.25) is 0 Å². The Hall–Kier alpha value is -0.970. The highest BCUT2D eigenvalue weighted by Crippen LogP contribution is 2.21. The van der Waals surface area contributed by atoms with Crippen LogP contribution in [-0.2, 0) is 15.9 Å². The molecule has 1 N–H and O–H groups in total. The van der Waals surface area contributed by atoms with E-state index in [1.54, 1.807) is 7.11 Å². The maximum absolute atomic E-state index is 12.8. The van der Waals surface area contributed by atoms with Crippen molar-refractivity contribution in [1.29, 1.82) is 0 Å². The molecule has 0 aliphatic carbocycles. The molecule has 0 bridgehead atoms. The lowest BCUT2D eigenvalue weighted by Crippen LogP contribution is -2.46. The molecule has 0 spiro atoms. The second kappa shape index (κ2) is 6.46. The number of nitrogens with one attached hydrogen (secondary N) is 1. The Morgan fingerprint density at radius 2 is 2.16 bits per heavy atom. The Morgan fingerprint density at radius 3 is 2.74 bits per heavy atom. The van der Waals surface area contributed by atoms with Crippen molar-refractivity contribution in [2.75, 3.05) is 26.9 Å². The van der Waals surface area contributed by atoms with Gasteiger partial charge >= 0.3 is 0 Å². The first kappa shape index (κ1) is 14.4. The molecule has 1 fully saturated rings. The molecule has 1 aromatic carbocycles. The normalized spacial score (nSPS) is 24.6. The maximum Gasteiger partial charge on any atom is 0.123 e. The number of ether oxygens (including phenoxy) is 2. The molecular weight excluding hydrogens is 245 g/mol. The number of hydrogen-bond donors (Lipinski definition) is 1. The Kier molecular flexibility index (Phi) is 4.91. The molecule has 106 valence electrons. The Bertz CT molecular complexity index is 388. The molecule has 1 aliphatic rings. The number of benzene rings is 1. The molecule has 3 nitrogen and oxygen atoms in total. The molecule has 2 rings (SSSR count). The van der Waals surface area contributed by atoms with E-state index in [-0.39, 0.29) is 11.4 Å². The van der Waals surface area contributed by atoms with E-state index >= 15 is 0 Å². The van der Waals surface area contributed by atoms with Gasteiger partial charge in [0, 0.05) is 32.7 Å². The van der Waals surface area contributed by atoms with E-state index in [1.807, 2.05) is 12.1 Å². The minimum absolute atomic E-state index is 0.183. The molecule has 1 aliphatic heterocycles. The monoisotopic (exact) mass is 267 g/mol. The van der Waals surface area contributed by atoms with Gasteiger partial charge in [0.25, 0.3) is 0 Å². The van der Waals surface area contributed by atoms with Gasteiger partial charge in [0.15, 0.2) is 0 Å². The smallest absolute Gasteiger partial charge is 0.123 e. The molecule has 4 heteroatoms. The molecule has 2 atom stereocenters. The maximum atomic E-state index is 12.8. The fourth-order valence-corrected chi connectivity index (χ4v) is 2.37. The van der Waals surface area contributed by atoms with Crippen molar-refractivity contribution in [3.8, 4) is 0 Å². The number of hydrogen-bond acceptors (Lipinski definition) is 3. The summed E-state index contributed by atoms with van der Waals surface area (Å²) in [4.78, 5) is 0. The van der Waals surface area contributed by atoms with Gasteiger partial charge in [-0.1, -0.05) is 12.1 Å². The number of halogens is 1. The predicted molar refractivity (Wildman–Crippen MR) is 72.7 cm³/mol. The van der Waals surface area contributed by atoms with Crippen LogP contribution >= 0.6 is 0 Å². The molecule has 0 amide bonds. The van der Waals surface area contributed by atoms with Gasteiger partial charge in [-0.3, -0.25) is 0 Å². The van der Waals surface area contributed by atoms with Crippen LogP contribution in [0.2, 0.25) is 0 Å². The van der Waals surface area contributed by atoms with Gasteiger partial charge in [-0.15, -0.1) is 0 Å². The van der Waals surface area contributed by atoms with E-state index in [4.69, 9.17) is 9.47 Å². The van der Waals surface area contributed by atoms with E-state index in [9.17, 15) is 4.39 Å². The van der Waals surface area contributed by atoms with Crippen molar-refractivity contribution in [1.82, 2.24) is 5.32 Å². The summed E-state index contributed by atoms with van der Waals surface area (Å²) < 4.78 is 23.8. The quantitative estimate of drug-likeness (QED) is 0.856. The molecular formula is C15H22FNO2. The molecule has 0 saturated carbocycles. The van der Waals surface area contributed by atoms with Crippen LogP contribution in [0.1, 0.15) is 18.9 Å². The second-order valence-electron chi connectivity index (χ2n) is 5.30. The third kappa shape index (κ3) is 4.00. The van der Waals surface area contributed by atoms with Crippen molar-refractivity contribution < 1.29 is 13.9 Å². The van der Waals surface area contributed by atoms with Gasteiger partial charge in [0.05, 0.1) is 6.61 Å². The topological polar surface area (TPSA) is 30.5 Å². The highest BCUT2D eigenvalue weighted by atomic mass is 19.1. The van der Waals surface area contributed by atoms with Crippen molar-refractivity contribution >= 4 is 0 Å². The third-order valence-electron chi connectivity index (χ3n) is 3.73. The summed E-state index contributed by atoms with van der Waals surface area (Å²) in [6, 6.07) is 6.99. The Labute approximate surface area is 114 Å². The zero-order chi connectivity index (χ0) is 13.7. The number of methoxy groups -OCH3 is 1. The van der Waals surface area contributed by atoms with Crippen LogP contribution in [0.5, 0.6) is 0 Å². The van der Waals surface area contributed by atoms with Crippen LogP contribution in [0.4, 0.5) is 4.39 Å². The van der Waals surface area contributed by atoms with E-state index in [1.165, 1.54) is 12.1 Å². The molecule has 1 aromatic rings. The lowest BCUT2D eigenvalue weighted by Gasteiger charge is -2.28. The minimum atomic E-state index is -0.189. The summed E-state index contributed by atoms with van der Waals surface area (Å²) in [6.45, 7) is 4.33. The number of rotatable bonds is 6. The molecule has 19 heavy (non-hydrogen) atoms. The fourth-order valence-electron chi connectivity index (χ4n) is 2.37. The molecule has 0 aromatic heterocycles. The Morgan fingerprint density at radius 1 is 1.42 bits per heavy atom. The molecule has 1 saturated heterocycles. The zero-order valence-corrected chi connectivity index (χ0v) is 11.6. The van der Waals surface area contributed by atoms with Gasteiger partial charge in [0.1, 0.15) is 11.4 Å². The SMILES string of the molecule is COC1(CNC(C)Cc2ccc(F)cc2)CCOC1. The molecule has 2 unspecified atom stereocenters. The highest BCUT2D eigenvalue weighted by molar-refractivity contribution is 5.17. The van der Waals surface area contributed by atoms with Crippen LogP contribution in [0, 0.1) is 5.82 Å². The standard InChI is InChI=1S/C15H22FNO2/c1-12(9-13-3-5-14(16)6-4-13)17-10-15(18-2)7-8-19-11-15/h3-6,12,17H,7-11H2,1-2H3. The molecule has 0 radical (unpaired) electrons. The van der Waals surface area contributed by atoms with Gasteiger partial charge in [-0.25, -0.2) is 4.39 Å². The lowest BCUT2D eigenvalue weighted by atomic mass is 10.0. The average Bonchev–Trinajstić information content (AvgIpc) is 2.89. The van der Waals surface area contributed by atoms with Crippen molar-refractivity contribution in [2.45, 2.75) is 31.4 Å². The van der Waals surface area contributed by atoms with Crippen LogP contribution in [-0.4, -0.2) is 38.5 Å². The second-order valence-corrected chi connectivity index (χ2v) is 5.30. The van der Waals surface area contributed by atoms with Gasteiger partial charge in [-0.05, 0) is 31.0 Å². The van der Waals surface area contributed by atoms with Crippen LogP contribution in [0.3, 0.4) is 0 Å². The van der Waals surface area contributed by atoms with E-state index in [0.717, 1.165) is 31.6 Å². The minimum Gasteiger partial charge on any atom is -0.378 e. The summed E-state index contributed by atoms with van der Waals surface area (Å²) in [5.41, 5.74) is 0.951. The summed E-state index contributed by atoms with van der Waals surface area (Å²) >= 11 is 0. The first-order valence-electron chi connectivity index (χ1n) is 6.74. The Balaban J connectivity index is 1.81. The van der Waals surface area contributed by atoms with E-state index in [0.29, 0.717) is 12.6 Å². The van der Waals surface area contributed by atoms with Crippen LogP contribution in [0.15, 0.2) is 24.3 Å². The zero-order valence-electron chi connectivity index (χ0n) is 11.6. The summed E-state index contributed by atoms with van der Waals surface area (Å²) in [7, 11) is 1.74. The van der Waals surface area contributed by atoms with Crippen LogP contribution in [0.25, 0.3) is 0 Å². The third-order valence-corrected chi connectivity index (χ3v) is 3.73. The summed E-state index contributed by atoms with van der Waals surface area (Å²) in [5.74, 6) is -0.189.